The highest BCUT2D eigenvalue weighted by Crippen LogP contribution is 2.16. The van der Waals surface area contributed by atoms with Crippen LogP contribution in [0, 0.1) is 0 Å². The van der Waals surface area contributed by atoms with E-state index in [1.54, 1.807) is 0 Å². The van der Waals surface area contributed by atoms with E-state index in [9.17, 15) is 0 Å². The van der Waals surface area contributed by atoms with Crippen molar-refractivity contribution in [3.8, 4) is 0 Å². The largest absolute Gasteiger partial charge is 0.303 e. The third-order valence-corrected chi connectivity index (χ3v) is 7.08. The topological polar surface area (TPSA) is 6.48 Å². The first-order valence-electron chi connectivity index (χ1n) is 9.05. The SMILES string of the molecule is C1CCN(CCCSCSCCCN2CCCCC2)CC1.Cl. The summed E-state index contributed by atoms with van der Waals surface area (Å²) in [6, 6.07) is 0. The average Bonchev–Trinajstić information content (AvgIpc) is 2.55. The van der Waals surface area contributed by atoms with Gasteiger partial charge in [-0.2, -0.15) is 23.5 Å². The van der Waals surface area contributed by atoms with Crippen LogP contribution in [-0.4, -0.2) is 65.7 Å². The Kier molecular flexibility index (Phi) is 13.6. The summed E-state index contributed by atoms with van der Waals surface area (Å²) >= 11 is 4.30. The van der Waals surface area contributed by atoms with E-state index in [1.165, 1.54) is 107 Å². The molecule has 0 aromatic carbocycles. The second-order valence-electron chi connectivity index (χ2n) is 6.45. The van der Waals surface area contributed by atoms with Crippen molar-refractivity contribution in [1.29, 1.82) is 0 Å². The molecule has 0 atom stereocenters. The van der Waals surface area contributed by atoms with Crippen LogP contribution in [0.5, 0.6) is 0 Å². The van der Waals surface area contributed by atoms with Gasteiger partial charge in [-0.15, -0.1) is 12.4 Å². The number of nitrogens with zero attached hydrogens (tertiary/aromatic N) is 2. The Morgan fingerprint density at radius 2 is 1.00 bits per heavy atom. The van der Waals surface area contributed by atoms with Gasteiger partial charge < -0.3 is 9.80 Å². The zero-order valence-electron chi connectivity index (χ0n) is 14.1. The van der Waals surface area contributed by atoms with E-state index >= 15 is 0 Å². The molecular formula is C17H35ClN2S2. The lowest BCUT2D eigenvalue weighted by molar-refractivity contribution is 0.230. The van der Waals surface area contributed by atoms with Crippen molar-refractivity contribution in [1.82, 2.24) is 9.80 Å². The lowest BCUT2D eigenvalue weighted by Gasteiger charge is -2.26. The summed E-state index contributed by atoms with van der Waals surface area (Å²) in [6.45, 7) is 8.11. The molecule has 0 aromatic rings. The minimum absolute atomic E-state index is 0. The highest BCUT2D eigenvalue weighted by atomic mass is 35.5. The normalized spacial score (nSPS) is 20.7. The van der Waals surface area contributed by atoms with Crippen molar-refractivity contribution in [2.24, 2.45) is 0 Å². The van der Waals surface area contributed by atoms with E-state index in [0.717, 1.165) is 0 Å². The first kappa shape index (κ1) is 21.0. The predicted molar refractivity (Wildman–Crippen MR) is 107 cm³/mol. The van der Waals surface area contributed by atoms with Gasteiger partial charge in [0.25, 0.3) is 0 Å². The fourth-order valence-electron chi connectivity index (χ4n) is 3.32. The zero-order chi connectivity index (χ0) is 14.6. The molecule has 0 N–H and O–H groups in total. The van der Waals surface area contributed by atoms with Gasteiger partial charge in [0.05, 0.1) is 0 Å². The Labute approximate surface area is 152 Å². The smallest absolute Gasteiger partial charge is 0.0392 e. The quantitative estimate of drug-likeness (QED) is 0.412. The van der Waals surface area contributed by atoms with Crippen molar-refractivity contribution >= 4 is 35.9 Å². The number of thioether (sulfide) groups is 2. The van der Waals surface area contributed by atoms with Crippen LogP contribution in [0.15, 0.2) is 0 Å². The summed E-state index contributed by atoms with van der Waals surface area (Å²) < 4.78 is 0. The fourth-order valence-corrected chi connectivity index (χ4v) is 5.40. The Bertz CT molecular complexity index is 221. The van der Waals surface area contributed by atoms with E-state index < -0.39 is 0 Å². The summed E-state index contributed by atoms with van der Waals surface area (Å²) in [7, 11) is 0. The monoisotopic (exact) mass is 366 g/mol. The van der Waals surface area contributed by atoms with Crippen LogP contribution in [0.25, 0.3) is 0 Å². The van der Waals surface area contributed by atoms with E-state index in [2.05, 4.69) is 33.3 Å². The van der Waals surface area contributed by atoms with Gasteiger partial charge in [0.15, 0.2) is 0 Å². The Hall–Kier alpha value is 0.910. The van der Waals surface area contributed by atoms with Gasteiger partial charge in [-0.25, -0.2) is 0 Å². The Morgan fingerprint density at radius 1 is 0.591 bits per heavy atom. The zero-order valence-corrected chi connectivity index (χ0v) is 16.6. The second kappa shape index (κ2) is 14.3. The standard InChI is InChI=1S/C17H34N2S2.ClH/c1-3-9-18(10-4-1)13-7-15-20-17-21-16-8-14-19-11-5-2-6-12-19;/h1-17H2;1H. The minimum Gasteiger partial charge on any atom is -0.303 e. The third-order valence-electron chi connectivity index (χ3n) is 4.59. The number of piperidine rings is 2. The van der Waals surface area contributed by atoms with Gasteiger partial charge in [-0.05, 0) is 89.3 Å². The highest BCUT2D eigenvalue weighted by Gasteiger charge is 2.09. The van der Waals surface area contributed by atoms with E-state index in [1.807, 2.05) is 0 Å². The third kappa shape index (κ3) is 9.92. The Balaban J connectivity index is 0.00000242. The molecule has 0 bridgehead atoms. The Morgan fingerprint density at radius 3 is 1.41 bits per heavy atom. The first-order valence-corrected chi connectivity index (χ1v) is 11.4. The molecule has 0 spiro atoms. The molecule has 0 aromatic heterocycles. The van der Waals surface area contributed by atoms with Crippen LogP contribution in [0.3, 0.4) is 0 Å². The van der Waals surface area contributed by atoms with Gasteiger partial charge in [-0.1, -0.05) is 12.8 Å². The molecule has 2 rings (SSSR count). The predicted octanol–water partition coefficient (Wildman–Crippen LogP) is 4.58. The van der Waals surface area contributed by atoms with Crippen molar-refractivity contribution < 1.29 is 0 Å². The van der Waals surface area contributed by atoms with Gasteiger partial charge in [0, 0.05) is 5.08 Å². The van der Waals surface area contributed by atoms with Gasteiger partial charge in [-0.3, -0.25) is 0 Å². The molecule has 0 radical (unpaired) electrons. The average molecular weight is 367 g/mol. The van der Waals surface area contributed by atoms with Crippen LogP contribution >= 0.6 is 35.9 Å². The molecule has 132 valence electrons. The summed E-state index contributed by atoms with van der Waals surface area (Å²) in [4.78, 5) is 5.33. The highest BCUT2D eigenvalue weighted by molar-refractivity contribution is 8.15. The van der Waals surface area contributed by atoms with Crippen molar-refractivity contribution in [3.63, 3.8) is 0 Å². The molecule has 5 heteroatoms. The van der Waals surface area contributed by atoms with Crippen LogP contribution in [0.1, 0.15) is 51.4 Å². The van der Waals surface area contributed by atoms with E-state index in [4.69, 9.17) is 0 Å². The van der Waals surface area contributed by atoms with Gasteiger partial charge in [0.2, 0.25) is 0 Å². The number of rotatable bonds is 10. The number of likely N-dealkylation sites (tertiary alicyclic amines) is 2. The maximum Gasteiger partial charge on any atom is 0.0392 e. The molecular weight excluding hydrogens is 332 g/mol. The number of halogens is 1. The van der Waals surface area contributed by atoms with Gasteiger partial charge >= 0.3 is 0 Å². The minimum atomic E-state index is 0. The molecule has 2 heterocycles. The molecule has 2 aliphatic rings. The van der Waals surface area contributed by atoms with Crippen LogP contribution < -0.4 is 0 Å². The lowest BCUT2D eigenvalue weighted by Crippen LogP contribution is -2.30. The van der Waals surface area contributed by atoms with Crippen molar-refractivity contribution in [2.45, 2.75) is 51.4 Å². The van der Waals surface area contributed by atoms with Crippen LogP contribution in [0.4, 0.5) is 0 Å². The van der Waals surface area contributed by atoms with Crippen LogP contribution in [0.2, 0.25) is 0 Å². The van der Waals surface area contributed by atoms with E-state index in [-0.39, 0.29) is 12.4 Å². The molecule has 2 saturated heterocycles. The lowest BCUT2D eigenvalue weighted by atomic mass is 10.1. The summed E-state index contributed by atoms with van der Waals surface area (Å²) in [6.07, 6.45) is 11.4. The van der Waals surface area contributed by atoms with Crippen molar-refractivity contribution in [2.75, 3.05) is 55.9 Å². The van der Waals surface area contributed by atoms with Crippen LogP contribution in [-0.2, 0) is 0 Å². The molecule has 2 aliphatic heterocycles. The molecule has 22 heavy (non-hydrogen) atoms. The maximum atomic E-state index is 2.66. The van der Waals surface area contributed by atoms with Crippen molar-refractivity contribution in [3.05, 3.63) is 0 Å². The molecule has 2 fully saturated rings. The number of hydrogen-bond acceptors (Lipinski definition) is 4. The maximum absolute atomic E-state index is 2.66. The van der Waals surface area contributed by atoms with E-state index in [0.29, 0.717) is 0 Å². The molecule has 0 aliphatic carbocycles. The van der Waals surface area contributed by atoms with Gasteiger partial charge in [0.1, 0.15) is 0 Å². The number of hydrogen-bond donors (Lipinski definition) is 0. The fraction of sp³-hybridized carbons (Fsp3) is 1.00. The molecule has 0 amide bonds. The summed E-state index contributed by atoms with van der Waals surface area (Å²) in [5.41, 5.74) is 0. The summed E-state index contributed by atoms with van der Waals surface area (Å²) in [5.74, 6) is 2.71. The molecule has 0 saturated carbocycles. The summed E-state index contributed by atoms with van der Waals surface area (Å²) in [5, 5.41) is 1.31. The first-order chi connectivity index (χ1) is 10.4. The second-order valence-corrected chi connectivity index (χ2v) is 9.02. The molecule has 2 nitrogen and oxygen atoms in total. The molecule has 0 unspecified atom stereocenters.